The molecule has 0 spiro atoms. The molecule has 7 heteroatoms. The molecule has 0 aliphatic heterocycles. The molecule has 32 heavy (non-hydrogen) atoms. The molecule has 0 fully saturated rings. The molecule has 0 aliphatic rings. The van der Waals surface area contributed by atoms with E-state index >= 15 is 0 Å². The summed E-state index contributed by atoms with van der Waals surface area (Å²) < 4.78 is 38.3. The summed E-state index contributed by atoms with van der Waals surface area (Å²) in [6, 6.07) is 23.7. The molecule has 1 heterocycles. The van der Waals surface area contributed by atoms with Crippen molar-refractivity contribution in [1.82, 2.24) is 4.98 Å². The Kier molecular flexibility index (Phi) is 6.28. The molecule has 1 N–H and O–H groups in total. The summed E-state index contributed by atoms with van der Waals surface area (Å²) >= 11 is 0. The van der Waals surface area contributed by atoms with Gasteiger partial charge < -0.3 is 14.5 Å². The highest BCUT2D eigenvalue weighted by atomic mass is 32.2. The number of hydrogen-bond donors (Lipinski definition) is 1. The van der Waals surface area contributed by atoms with Crippen LogP contribution in [0.25, 0.3) is 11.5 Å². The van der Waals surface area contributed by atoms with Crippen LogP contribution in [0.3, 0.4) is 0 Å². The highest BCUT2D eigenvalue weighted by Crippen LogP contribution is 2.36. The average Bonchev–Trinajstić information content (AvgIpc) is 3.28. The van der Waals surface area contributed by atoms with E-state index in [4.69, 9.17) is 9.15 Å². The number of methoxy groups -OCH3 is 1. The molecule has 0 amide bonds. The highest BCUT2D eigenvalue weighted by Gasteiger charge is 2.29. The Morgan fingerprint density at radius 2 is 1.59 bits per heavy atom. The standard InChI is InChI=1S/C25H24N2O4S/c1-3-18-13-15-20(16-14-18)32(28,29)25-24(26-17-19-9-5-4-6-10-19)31-23(27-25)21-11-7-8-12-22(21)30-2/h4-16,26H,3,17H2,1-2H3. The monoisotopic (exact) mass is 448 g/mol. The first kappa shape index (κ1) is 21.6. The van der Waals surface area contributed by atoms with Gasteiger partial charge in [-0.3, -0.25) is 0 Å². The van der Waals surface area contributed by atoms with Crippen molar-refractivity contribution in [3.8, 4) is 17.2 Å². The van der Waals surface area contributed by atoms with Crippen molar-refractivity contribution in [3.63, 3.8) is 0 Å². The maximum atomic E-state index is 13.5. The van der Waals surface area contributed by atoms with Gasteiger partial charge in [0.15, 0.2) is 0 Å². The largest absolute Gasteiger partial charge is 0.496 e. The van der Waals surface area contributed by atoms with Gasteiger partial charge >= 0.3 is 0 Å². The lowest BCUT2D eigenvalue weighted by Crippen LogP contribution is -2.07. The third kappa shape index (κ3) is 4.38. The summed E-state index contributed by atoms with van der Waals surface area (Å²) in [5, 5.41) is 2.95. The SMILES string of the molecule is CCc1ccc(S(=O)(=O)c2nc(-c3ccccc3OC)oc2NCc2ccccc2)cc1. The number of nitrogens with zero attached hydrogens (tertiary/aromatic N) is 1. The normalized spacial score (nSPS) is 11.3. The Morgan fingerprint density at radius 3 is 2.28 bits per heavy atom. The minimum atomic E-state index is -3.91. The zero-order valence-corrected chi connectivity index (χ0v) is 18.7. The zero-order chi connectivity index (χ0) is 22.6. The van der Waals surface area contributed by atoms with Crippen molar-refractivity contribution in [3.05, 3.63) is 90.0 Å². The van der Waals surface area contributed by atoms with Gasteiger partial charge in [0.25, 0.3) is 0 Å². The van der Waals surface area contributed by atoms with Gasteiger partial charge in [0, 0.05) is 6.54 Å². The molecule has 1 aromatic heterocycles. The third-order valence-corrected chi connectivity index (χ3v) is 6.80. The maximum Gasteiger partial charge on any atom is 0.234 e. The van der Waals surface area contributed by atoms with E-state index in [9.17, 15) is 8.42 Å². The number of sulfone groups is 1. The van der Waals surface area contributed by atoms with E-state index in [-0.39, 0.29) is 21.7 Å². The number of hydrogen-bond acceptors (Lipinski definition) is 6. The van der Waals surface area contributed by atoms with Crippen LogP contribution in [-0.2, 0) is 22.8 Å². The average molecular weight is 449 g/mol. The van der Waals surface area contributed by atoms with Crippen molar-refractivity contribution in [2.45, 2.75) is 29.8 Å². The van der Waals surface area contributed by atoms with Crippen molar-refractivity contribution in [2.24, 2.45) is 0 Å². The zero-order valence-electron chi connectivity index (χ0n) is 17.9. The summed E-state index contributed by atoms with van der Waals surface area (Å²) in [6.07, 6.45) is 0.826. The first-order valence-electron chi connectivity index (χ1n) is 10.3. The van der Waals surface area contributed by atoms with Gasteiger partial charge in [0.2, 0.25) is 26.6 Å². The number of rotatable bonds is 8. The fraction of sp³-hybridized carbons (Fsp3) is 0.160. The smallest absolute Gasteiger partial charge is 0.234 e. The van der Waals surface area contributed by atoms with E-state index in [0.29, 0.717) is 17.9 Å². The lowest BCUT2D eigenvalue weighted by atomic mass is 10.2. The van der Waals surface area contributed by atoms with Gasteiger partial charge in [0.1, 0.15) is 5.75 Å². The molecular weight excluding hydrogens is 424 g/mol. The number of aromatic nitrogens is 1. The number of anilines is 1. The molecule has 0 radical (unpaired) electrons. The predicted octanol–water partition coefficient (Wildman–Crippen LogP) is 5.36. The van der Waals surface area contributed by atoms with Gasteiger partial charge in [-0.15, -0.1) is 0 Å². The molecule has 0 saturated carbocycles. The van der Waals surface area contributed by atoms with Crippen molar-refractivity contribution >= 4 is 15.7 Å². The molecule has 0 bridgehead atoms. The lowest BCUT2D eigenvalue weighted by molar-refractivity contribution is 0.414. The summed E-state index contributed by atoms with van der Waals surface area (Å²) in [5.41, 5.74) is 2.61. The summed E-state index contributed by atoms with van der Waals surface area (Å²) in [7, 11) is -2.37. The molecule has 4 aromatic rings. The summed E-state index contributed by atoms with van der Waals surface area (Å²) in [6.45, 7) is 2.41. The van der Waals surface area contributed by atoms with E-state index in [0.717, 1.165) is 17.5 Å². The van der Waals surface area contributed by atoms with Crippen LogP contribution in [0.4, 0.5) is 5.88 Å². The predicted molar refractivity (Wildman–Crippen MR) is 124 cm³/mol. The Bertz CT molecular complexity index is 1300. The van der Waals surface area contributed by atoms with Gasteiger partial charge in [-0.1, -0.05) is 61.5 Å². The first-order chi connectivity index (χ1) is 15.5. The van der Waals surface area contributed by atoms with Crippen LogP contribution in [0.2, 0.25) is 0 Å². The molecule has 4 rings (SSSR count). The van der Waals surface area contributed by atoms with Crippen LogP contribution in [0.1, 0.15) is 18.1 Å². The van der Waals surface area contributed by atoms with Crippen LogP contribution in [-0.4, -0.2) is 20.5 Å². The number of nitrogens with one attached hydrogen (secondary N) is 1. The molecule has 0 aliphatic carbocycles. The Morgan fingerprint density at radius 1 is 0.906 bits per heavy atom. The van der Waals surface area contributed by atoms with Gasteiger partial charge in [-0.25, -0.2) is 8.42 Å². The lowest BCUT2D eigenvalue weighted by Gasteiger charge is -2.07. The number of para-hydroxylation sites is 1. The molecule has 3 aromatic carbocycles. The van der Waals surface area contributed by atoms with Gasteiger partial charge in [-0.2, -0.15) is 4.98 Å². The molecular formula is C25H24N2O4S. The van der Waals surface area contributed by atoms with E-state index in [1.165, 1.54) is 0 Å². The quantitative estimate of drug-likeness (QED) is 0.391. The minimum absolute atomic E-state index is 0.0920. The Balaban J connectivity index is 1.78. The van der Waals surface area contributed by atoms with E-state index in [1.807, 2.05) is 61.5 Å². The number of oxazole rings is 1. The topological polar surface area (TPSA) is 81.4 Å². The van der Waals surface area contributed by atoms with Crippen molar-refractivity contribution < 1.29 is 17.6 Å². The van der Waals surface area contributed by atoms with Crippen LogP contribution in [0.15, 0.2) is 93.2 Å². The molecule has 0 atom stereocenters. The van der Waals surface area contributed by atoms with E-state index in [2.05, 4.69) is 10.3 Å². The molecule has 6 nitrogen and oxygen atoms in total. The Hall–Kier alpha value is -3.58. The van der Waals surface area contributed by atoms with Crippen LogP contribution >= 0.6 is 0 Å². The maximum absolute atomic E-state index is 13.5. The number of benzene rings is 3. The van der Waals surface area contributed by atoms with E-state index in [1.54, 1.807) is 31.4 Å². The first-order valence-corrected chi connectivity index (χ1v) is 11.8. The van der Waals surface area contributed by atoms with Crippen molar-refractivity contribution in [1.29, 1.82) is 0 Å². The van der Waals surface area contributed by atoms with Crippen LogP contribution in [0.5, 0.6) is 5.75 Å². The third-order valence-electron chi connectivity index (χ3n) is 5.13. The Labute approximate surface area is 187 Å². The van der Waals surface area contributed by atoms with E-state index < -0.39 is 9.84 Å². The summed E-state index contributed by atoms with van der Waals surface area (Å²) in [5.74, 6) is 0.802. The minimum Gasteiger partial charge on any atom is -0.496 e. The van der Waals surface area contributed by atoms with Gasteiger partial charge in [0.05, 0.1) is 17.6 Å². The fourth-order valence-corrected chi connectivity index (χ4v) is 4.61. The number of ether oxygens (including phenoxy) is 1. The number of aryl methyl sites for hydroxylation is 1. The fourth-order valence-electron chi connectivity index (χ4n) is 3.33. The van der Waals surface area contributed by atoms with Crippen LogP contribution < -0.4 is 10.1 Å². The second-order valence-corrected chi connectivity index (χ2v) is 9.06. The molecule has 164 valence electrons. The highest BCUT2D eigenvalue weighted by molar-refractivity contribution is 7.91. The second kappa shape index (κ2) is 9.28. The molecule has 0 unspecified atom stereocenters. The van der Waals surface area contributed by atoms with Crippen LogP contribution in [0, 0.1) is 0 Å². The summed E-state index contributed by atoms with van der Waals surface area (Å²) in [4.78, 5) is 4.56. The second-order valence-electron chi connectivity index (χ2n) is 7.19. The molecule has 0 saturated heterocycles. The van der Waals surface area contributed by atoms with Crippen molar-refractivity contribution in [2.75, 3.05) is 12.4 Å². The van der Waals surface area contributed by atoms with Gasteiger partial charge in [-0.05, 0) is 41.8 Å².